The molecule has 1 saturated heterocycles. The lowest BCUT2D eigenvalue weighted by atomic mass is 9.99. The molecule has 55 heavy (non-hydrogen) atoms. The second-order valence-corrected chi connectivity index (χ2v) is 14.1. The van der Waals surface area contributed by atoms with Crippen molar-refractivity contribution in [3.63, 3.8) is 0 Å². The minimum absolute atomic E-state index is 0.109. The van der Waals surface area contributed by atoms with Crippen LogP contribution in [0.4, 0.5) is 0 Å². The molecule has 1 fully saturated rings. The van der Waals surface area contributed by atoms with E-state index in [0.29, 0.717) is 19.3 Å². The normalized spacial score (nSPS) is 21.3. The molecule has 1 aliphatic heterocycles. The third-order valence-corrected chi connectivity index (χ3v) is 9.08. The Labute approximate surface area is 332 Å². The molecule has 0 aliphatic carbocycles. The first-order valence-electron chi connectivity index (χ1n) is 21.0. The molecule has 4 N–H and O–H groups in total. The molecule has 10 nitrogen and oxygen atoms in total. The van der Waals surface area contributed by atoms with E-state index in [2.05, 4.69) is 68.5 Å². The number of allylic oxidation sites excluding steroid dienone is 12. The highest BCUT2D eigenvalue weighted by atomic mass is 16.7. The molecular formula is C45H74O10. The molecule has 0 aromatic heterocycles. The van der Waals surface area contributed by atoms with E-state index < -0.39 is 55.4 Å². The molecule has 0 amide bonds. The van der Waals surface area contributed by atoms with Crippen LogP contribution in [0.25, 0.3) is 0 Å². The number of aliphatic hydroxyl groups excluding tert-OH is 4. The Bertz CT molecular complexity index is 1120. The van der Waals surface area contributed by atoms with E-state index in [0.717, 1.165) is 38.5 Å². The number of carbonyl (C=O) groups is 2. The van der Waals surface area contributed by atoms with Gasteiger partial charge in [0.05, 0.1) is 13.2 Å². The van der Waals surface area contributed by atoms with Gasteiger partial charge in [-0.3, -0.25) is 9.59 Å². The molecule has 1 rings (SSSR count). The van der Waals surface area contributed by atoms with Crippen LogP contribution in [0.1, 0.15) is 142 Å². The van der Waals surface area contributed by atoms with Crippen molar-refractivity contribution in [3.8, 4) is 0 Å². The summed E-state index contributed by atoms with van der Waals surface area (Å²) in [5.74, 6) is -0.959. The van der Waals surface area contributed by atoms with E-state index in [1.54, 1.807) is 0 Å². The van der Waals surface area contributed by atoms with Gasteiger partial charge in [0.1, 0.15) is 31.0 Å². The molecule has 314 valence electrons. The third-order valence-electron chi connectivity index (χ3n) is 9.08. The molecule has 0 bridgehead atoms. The Morgan fingerprint density at radius 2 is 1.05 bits per heavy atom. The Kier molecular flexibility index (Phi) is 32.4. The van der Waals surface area contributed by atoms with Crippen LogP contribution < -0.4 is 0 Å². The summed E-state index contributed by atoms with van der Waals surface area (Å²) < 4.78 is 22.0. The van der Waals surface area contributed by atoms with Crippen LogP contribution in [0.3, 0.4) is 0 Å². The first kappa shape index (κ1) is 50.2. The van der Waals surface area contributed by atoms with Crippen molar-refractivity contribution in [2.45, 2.75) is 179 Å². The lowest BCUT2D eigenvalue weighted by Crippen LogP contribution is -2.59. The SMILES string of the molecule is CCCCC/C=C/C/C=C/C/C=C/C/C=C/CCCC(=O)OCC(CO[C@H]1O[C@@H](CO)[C@@H](O)C(O)C1O)OC(=O)CC/C=C/C/C=C/CCCCCCCC. The predicted molar refractivity (Wildman–Crippen MR) is 219 cm³/mol. The van der Waals surface area contributed by atoms with Gasteiger partial charge in [-0.25, -0.2) is 0 Å². The molecule has 0 radical (unpaired) electrons. The predicted octanol–water partition coefficient (Wildman–Crippen LogP) is 8.44. The highest BCUT2D eigenvalue weighted by molar-refractivity contribution is 5.70. The van der Waals surface area contributed by atoms with E-state index in [9.17, 15) is 30.0 Å². The molecule has 1 aliphatic rings. The summed E-state index contributed by atoms with van der Waals surface area (Å²) >= 11 is 0. The maximum atomic E-state index is 12.7. The maximum Gasteiger partial charge on any atom is 0.306 e. The summed E-state index contributed by atoms with van der Waals surface area (Å²) in [4.78, 5) is 25.2. The standard InChI is InChI=1S/C45H74O10/c1-3-5-7-9-11-13-15-17-18-19-20-22-23-25-27-29-31-33-40(47)52-36-38(37-53-45-44(51)43(50)42(49)39(35-46)55-45)54-41(48)34-32-30-28-26-24-21-16-14-12-10-8-6-4-2/h11,13,17-18,20-22,24-25,27-28,30,38-39,42-46,49-51H,3-10,12,14-16,19,23,26,29,31-37H2,1-2H3/b13-11+,18-17+,22-20+,24-21+,27-25+,30-28+/t38?,39-,42+,43?,44?,45-/m0/s1. The second-order valence-electron chi connectivity index (χ2n) is 14.1. The fourth-order valence-electron chi connectivity index (χ4n) is 5.70. The topological polar surface area (TPSA) is 152 Å². The molecule has 0 saturated carbocycles. The number of carbonyl (C=O) groups excluding carboxylic acids is 2. The number of ether oxygens (including phenoxy) is 4. The van der Waals surface area contributed by atoms with Crippen LogP contribution in [0.5, 0.6) is 0 Å². The van der Waals surface area contributed by atoms with Crippen molar-refractivity contribution >= 4 is 11.9 Å². The maximum absolute atomic E-state index is 12.7. The Hall–Kier alpha value is -2.86. The van der Waals surface area contributed by atoms with Crippen LogP contribution in [0, 0.1) is 0 Å². The summed E-state index contributed by atoms with van der Waals surface area (Å²) in [6.07, 6.45) is 36.4. The van der Waals surface area contributed by atoms with E-state index >= 15 is 0 Å². The van der Waals surface area contributed by atoms with Gasteiger partial charge in [-0.05, 0) is 70.6 Å². The van der Waals surface area contributed by atoms with Crippen molar-refractivity contribution in [1.29, 1.82) is 0 Å². The van der Waals surface area contributed by atoms with Crippen LogP contribution in [-0.2, 0) is 28.5 Å². The minimum Gasteiger partial charge on any atom is -0.462 e. The second kappa shape index (κ2) is 35.5. The largest absolute Gasteiger partial charge is 0.462 e. The number of hydrogen-bond donors (Lipinski definition) is 4. The molecule has 0 aromatic carbocycles. The van der Waals surface area contributed by atoms with Gasteiger partial charge in [0.15, 0.2) is 12.4 Å². The Morgan fingerprint density at radius 3 is 1.64 bits per heavy atom. The van der Waals surface area contributed by atoms with Crippen molar-refractivity contribution in [3.05, 3.63) is 72.9 Å². The van der Waals surface area contributed by atoms with Crippen LogP contribution >= 0.6 is 0 Å². The first-order chi connectivity index (χ1) is 26.8. The fourth-order valence-corrected chi connectivity index (χ4v) is 5.70. The van der Waals surface area contributed by atoms with E-state index in [1.807, 2.05) is 18.2 Å². The van der Waals surface area contributed by atoms with Gasteiger partial charge in [0.2, 0.25) is 0 Å². The number of unbranched alkanes of at least 4 members (excludes halogenated alkanes) is 10. The van der Waals surface area contributed by atoms with Gasteiger partial charge in [-0.15, -0.1) is 0 Å². The monoisotopic (exact) mass is 775 g/mol. The van der Waals surface area contributed by atoms with E-state index in [1.165, 1.54) is 57.8 Å². The number of aliphatic hydroxyl groups is 4. The first-order valence-corrected chi connectivity index (χ1v) is 21.0. The highest BCUT2D eigenvalue weighted by Gasteiger charge is 2.44. The fraction of sp³-hybridized carbons (Fsp3) is 0.689. The van der Waals surface area contributed by atoms with Gasteiger partial charge < -0.3 is 39.4 Å². The zero-order valence-corrected chi connectivity index (χ0v) is 33.9. The number of rotatable bonds is 33. The van der Waals surface area contributed by atoms with Gasteiger partial charge >= 0.3 is 11.9 Å². The third kappa shape index (κ3) is 27.4. The van der Waals surface area contributed by atoms with Crippen molar-refractivity contribution in [2.75, 3.05) is 19.8 Å². The van der Waals surface area contributed by atoms with Crippen LogP contribution in [0.2, 0.25) is 0 Å². The summed E-state index contributed by atoms with van der Waals surface area (Å²) in [6, 6.07) is 0. The van der Waals surface area contributed by atoms with Crippen molar-refractivity contribution in [1.82, 2.24) is 0 Å². The number of hydrogen-bond acceptors (Lipinski definition) is 10. The zero-order chi connectivity index (χ0) is 40.2. The smallest absolute Gasteiger partial charge is 0.306 e. The quantitative estimate of drug-likeness (QED) is 0.0291. The Balaban J connectivity index is 2.45. The van der Waals surface area contributed by atoms with E-state index in [-0.39, 0.29) is 26.1 Å². The molecule has 10 heteroatoms. The summed E-state index contributed by atoms with van der Waals surface area (Å²) in [7, 11) is 0. The molecule has 0 aromatic rings. The van der Waals surface area contributed by atoms with Crippen LogP contribution in [-0.4, -0.2) is 89.0 Å². The lowest BCUT2D eigenvalue weighted by Gasteiger charge is -2.39. The molecule has 1 heterocycles. The van der Waals surface area contributed by atoms with Gasteiger partial charge in [-0.1, -0.05) is 132 Å². The summed E-state index contributed by atoms with van der Waals surface area (Å²) in [5.41, 5.74) is 0. The Morgan fingerprint density at radius 1 is 0.564 bits per heavy atom. The molecule has 6 atom stereocenters. The average Bonchev–Trinajstić information content (AvgIpc) is 3.18. The average molecular weight is 775 g/mol. The van der Waals surface area contributed by atoms with Crippen molar-refractivity contribution < 1.29 is 49.0 Å². The summed E-state index contributed by atoms with van der Waals surface area (Å²) in [6.45, 7) is 3.24. The molecule has 0 spiro atoms. The van der Waals surface area contributed by atoms with Gasteiger partial charge in [0.25, 0.3) is 0 Å². The molecular weight excluding hydrogens is 700 g/mol. The van der Waals surface area contributed by atoms with E-state index in [4.69, 9.17) is 18.9 Å². The zero-order valence-electron chi connectivity index (χ0n) is 33.9. The van der Waals surface area contributed by atoms with Gasteiger partial charge in [-0.2, -0.15) is 0 Å². The summed E-state index contributed by atoms with van der Waals surface area (Å²) in [5, 5.41) is 40.0. The van der Waals surface area contributed by atoms with Crippen molar-refractivity contribution in [2.24, 2.45) is 0 Å². The lowest BCUT2D eigenvalue weighted by molar-refractivity contribution is -0.305. The highest BCUT2D eigenvalue weighted by Crippen LogP contribution is 2.22. The molecule has 3 unspecified atom stereocenters. The minimum atomic E-state index is -1.61. The van der Waals surface area contributed by atoms with Crippen LogP contribution in [0.15, 0.2) is 72.9 Å². The van der Waals surface area contributed by atoms with Gasteiger partial charge in [0, 0.05) is 12.8 Å². The number of esters is 2.